The minimum atomic E-state index is -0.487. The predicted molar refractivity (Wildman–Crippen MR) is 54.0 cm³/mol. The van der Waals surface area contributed by atoms with E-state index in [1.54, 1.807) is 13.0 Å². The normalized spacial score (nSPS) is 10.2. The number of halogens is 1. The van der Waals surface area contributed by atoms with Crippen molar-refractivity contribution in [3.8, 4) is 6.07 Å². The third-order valence-electron chi connectivity index (χ3n) is 2.33. The first-order chi connectivity index (χ1) is 7.13. The van der Waals surface area contributed by atoms with Crippen LogP contribution in [0.4, 0.5) is 4.39 Å². The molecule has 1 aromatic heterocycles. The average molecular weight is 202 g/mol. The van der Waals surface area contributed by atoms with Gasteiger partial charge in [-0.15, -0.1) is 0 Å². The fraction of sp³-hybridized carbons (Fsp3) is 0.0909. The van der Waals surface area contributed by atoms with Crippen molar-refractivity contribution < 1.29 is 4.39 Å². The topological polar surface area (TPSA) is 56.6 Å². The molecule has 0 aliphatic rings. The van der Waals surface area contributed by atoms with E-state index >= 15 is 0 Å². The second-order valence-electron chi connectivity index (χ2n) is 3.26. The smallest absolute Gasteiger partial charge is 0.266 e. The number of fused-ring (bicyclic) bond motifs is 1. The molecule has 1 heterocycles. The summed E-state index contributed by atoms with van der Waals surface area (Å²) in [5, 5.41) is 9.32. The highest BCUT2D eigenvalue weighted by molar-refractivity contribution is 5.82. The number of nitrogens with zero attached hydrogens (tertiary/aromatic N) is 1. The summed E-state index contributed by atoms with van der Waals surface area (Å²) in [4.78, 5) is 13.8. The monoisotopic (exact) mass is 202 g/mol. The molecule has 15 heavy (non-hydrogen) atoms. The Morgan fingerprint density at radius 2 is 2.20 bits per heavy atom. The first-order valence-electron chi connectivity index (χ1n) is 4.35. The summed E-state index contributed by atoms with van der Waals surface area (Å²) in [6.45, 7) is 1.58. The minimum Gasteiger partial charge on any atom is -0.320 e. The SMILES string of the molecule is Cc1c(F)ccc2cc(C#N)c(=O)[nH]c12. The van der Waals surface area contributed by atoms with Crippen LogP contribution in [0.15, 0.2) is 23.0 Å². The molecule has 0 spiro atoms. The van der Waals surface area contributed by atoms with Gasteiger partial charge >= 0.3 is 0 Å². The average Bonchev–Trinajstić information content (AvgIpc) is 2.24. The van der Waals surface area contributed by atoms with Gasteiger partial charge in [-0.1, -0.05) is 0 Å². The molecule has 0 bridgehead atoms. The molecule has 0 unspecified atom stereocenters. The van der Waals surface area contributed by atoms with Crippen LogP contribution in [0.2, 0.25) is 0 Å². The molecule has 1 N–H and O–H groups in total. The van der Waals surface area contributed by atoms with E-state index in [1.807, 2.05) is 0 Å². The van der Waals surface area contributed by atoms with Crippen molar-refractivity contribution in [2.45, 2.75) is 6.92 Å². The van der Waals surface area contributed by atoms with Crippen molar-refractivity contribution >= 4 is 10.9 Å². The zero-order valence-electron chi connectivity index (χ0n) is 7.97. The van der Waals surface area contributed by atoms with Crippen LogP contribution < -0.4 is 5.56 Å². The summed E-state index contributed by atoms with van der Waals surface area (Å²) in [6, 6.07) is 6.10. The molecule has 3 nitrogen and oxygen atoms in total. The van der Waals surface area contributed by atoms with Crippen LogP contribution >= 0.6 is 0 Å². The van der Waals surface area contributed by atoms with Gasteiger partial charge in [0.25, 0.3) is 5.56 Å². The lowest BCUT2D eigenvalue weighted by molar-refractivity contribution is 0.620. The number of aryl methyl sites for hydroxylation is 1. The summed E-state index contributed by atoms with van der Waals surface area (Å²) in [7, 11) is 0. The molecule has 0 fully saturated rings. The van der Waals surface area contributed by atoms with Gasteiger partial charge in [-0.25, -0.2) is 4.39 Å². The number of H-pyrrole nitrogens is 1. The number of rotatable bonds is 0. The number of pyridine rings is 1. The second-order valence-corrected chi connectivity index (χ2v) is 3.26. The Bertz CT molecular complexity index is 637. The zero-order valence-corrected chi connectivity index (χ0v) is 7.97. The van der Waals surface area contributed by atoms with Crippen LogP contribution in [-0.2, 0) is 0 Å². The van der Waals surface area contributed by atoms with Crippen LogP contribution in [-0.4, -0.2) is 4.98 Å². The number of hydrogen-bond donors (Lipinski definition) is 1. The maximum absolute atomic E-state index is 13.2. The molecule has 0 aliphatic carbocycles. The minimum absolute atomic E-state index is 0.0357. The van der Waals surface area contributed by atoms with Crippen LogP contribution in [0, 0.1) is 24.1 Å². The largest absolute Gasteiger partial charge is 0.320 e. The summed E-state index contributed by atoms with van der Waals surface area (Å²) < 4.78 is 13.2. The van der Waals surface area contributed by atoms with Crippen LogP contribution in [0.5, 0.6) is 0 Å². The van der Waals surface area contributed by atoms with Gasteiger partial charge < -0.3 is 4.98 Å². The third kappa shape index (κ3) is 1.38. The Balaban J connectivity index is 2.95. The third-order valence-corrected chi connectivity index (χ3v) is 2.33. The van der Waals surface area contributed by atoms with Crippen LogP contribution in [0.3, 0.4) is 0 Å². The summed E-state index contributed by atoms with van der Waals surface area (Å²) in [5.41, 5.74) is 0.375. The van der Waals surface area contributed by atoms with Crippen molar-refractivity contribution in [2.75, 3.05) is 0 Å². The Morgan fingerprint density at radius 3 is 2.87 bits per heavy atom. The lowest BCUT2D eigenvalue weighted by Crippen LogP contribution is -2.10. The van der Waals surface area contributed by atoms with Gasteiger partial charge in [-0.2, -0.15) is 5.26 Å². The molecule has 4 heteroatoms. The van der Waals surface area contributed by atoms with Crippen molar-refractivity contribution in [1.82, 2.24) is 4.98 Å². The molecule has 0 saturated heterocycles. The van der Waals surface area contributed by atoms with Gasteiger partial charge in [-0.05, 0) is 25.1 Å². The molecule has 0 saturated carbocycles. The summed E-state index contributed by atoms with van der Waals surface area (Å²) >= 11 is 0. The van der Waals surface area contributed by atoms with Crippen molar-refractivity contribution in [2.24, 2.45) is 0 Å². The lowest BCUT2D eigenvalue weighted by Gasteiger charge is -2.02. The molecule has 2 rings (SSSR count). The Hall–Kier alpha value is -2.15. The van der Waals surface area contributed by atoms with Crippen molar-refractivity contribution in [1.29, 1.82) is 5.26 Å². The van der Waals surface area contributed by atoms with E-state index in [9.17, 15) is 9.18 Å². The van der Waals surface area contributed by atoms with Gasteiger partial charge in [0.15, 0.2) is 0 Å². The Labute approximate surface area is 84.8 Å². The lowest BCUT2D eigenvalue weighted by atomic mass is 10.1. The molecule has 74 valence electrons. The number of nitrogens with one attached hydrogen (secondary N) is 1. The maximum Gasteiger partial charge on any atom is 0.266 e. The first-order valence-corrected chi connectivity index (χ1v) is 4.35. The number of benzene rings is 1. The molecule has 0 aliphatic heterocycles. The number of nitriles is 1. The quantitative estimate of drug-likeness (QED) is 0.708. The Morgan fingerprint density at radius 1 is 1.47 bits per heavy atom. The fourth-order valence-electron chi connectivity index (χ4n) is 1.48. The highest BCUT2D eigenvalue weighted by Crippen LogP contribution is 2.17. The summed E-state index contributed by atoms with van der Waals surface area (Å²) in [5.74, 6) is -0.372. The standard InChI is InChI=1S/C11H7FN2O/c1-6-9(12)3-2-7-4-8(5-13)11(15)14-10(6)7/h2-4H,1H3,(H,14,15). The van der Waals surface area contributed by atoms with E-state index < -0.39 is 5.56 Å². The molecule has 0 radical (unpaired) electrons. The van der Waals surface area contributed by atoms with E-state index in [4.69, 9.17) is 5.26 Å². The molecule has 0 amide bonds. The number of hydrogen-bond acceptors (Lipinski definition) is 2. The van der Waals surface area contributed by atoms with E-state index in [1.165, 1.54) is 18.2 Å². The van der Waals surface area contributed by atoms with E-state index in [2.05, 4.69) is 4.98 Å². The molecular formula is C11H7FN2O. The summed E-state index contributed by atoms with van der Waals surface area (Å²) in [6.07, 6.45) is 0. The molecule has 2 aromatic rings. The van der Waals surface area contributed by atoms with Gasteiger partial charge in [-0.3, -0.25) is 4.79 Å². The van der Waals surface area contributed by atoms with Gasteiger partial charge in [0.2, 0.25) is 0 Å². The van der Waals surface area contributed by atoms with Crippen molar-refractivity contribution in [3.05, 3.63) is 45.5 Å². The Kier molecular flexibility index (Phi) is 2.01. The number of aromatic amines is 1. The van der Waals surface area contributed by atoms with Crippen molar-refractivity contribution in [3.63, 3.8) is 0 Å². The zero-order chi connectivity index (χ0) is 11.0. The molecule has 1 aromatic carbocycles. The highest BCUT2D eigenvalue weighted by atomic mass is 19.1. The number of aromatic nitrogens is 1. The predicted octanol–water partition coefficient (Wildman–Crippen LogP) is 1.85. The molecule has 0 atom stereocenters. The van der Waals surface area contributed by atoms with E-state index in [0.29, 0.717) is 16.5 Å². The van der Waals surface area contributed by atoms with Gasteiger partial charge in [0.05, 0.1) is 5.52 Å². The second kappa shape index (κ2) is 3.21. The first kappa shape index (κ1) is 9.41. The van der Waals surface area contributed by atoms with E-state index in [-0.39, 0.29) is 11.4 Å². The highest BCUT2D eigenvalue weighted by Gasteiger charge is 2.06. The fourth-order valence-corrected chi connectivity index (χ4v) is 1.48. The van der Waals surface area contributed by atoms with E-state index in [0.717, 1.165) is 0 Å². The van der Waals surface area contributed by atoms with Gasteiger partial charge in [0, 0.05) is 10.9 Å². The van der Waals surface area contributed by atoms with Crippen LogP contribution in [0.1, 0.15) is 11.1 Å². The van der Waals surface area contributed by atoms with Gasteiger partial charge in [0.1, 0.15) is 17.4 Å². The molecular weight excluding hydrogens is 195 g/mol. The maximum atomic E-state index is 13.2. The van der Waals surface area contributed by atoms with Crippen LogP contribution in [0.25, 0.3) is 10.9 Å².